The standard InChI is InChI=1S/C14H21BrN2/c1-10(16-2)13-7-6-12(15)8-14(13)17(3)9-11-4-5-11/h6-8,10-11,16H,4-5,9H2,1-3H3. The highest BCUT2D eigenvalue weighted by Gasteiger charge is 2.24. The van der Waals surface area contributed by atoms with Crippen LogP contribution in [0.5, 0.6) is 0 Å². The number of rotatable bonds is 5. The molecule has 0 spiro atoms. The van der Waals surface area contributed by atoms with Gasteiger partial charge in [0, 0.05) is 29.8 Å². The van der Waals surface area contributed by atoms with E-state index in [0.29, 0.717) is 6.04 Å². The fraction of sp³-hybridized carbons (Fsp3) is 0.571. The molecule has 94 valence electrons. The van der Waals surface area contributed by atoms with Gasteiger partial charge in [0.15, 0.2) is 0 Å². The van der Waals surface area contributed by atoms with Crippen molar-refractivity contribution in [1.29, 1.82) is 0 Å². The number of hydrogen-bond donors (Lipinski definition) is 1. The van der Waals surface area contributed by atoms with Gasteiger partial charge in [-0.3, -0.25) is 0 Å². The zero-order valence-electron chi connectivity index (χ0n) is 10.8. The van der Waals surface area contributed by atoms with Crippen molar-refractivity contribution in [3.8, 4) is 0 Å². The minimum absolute atomic E-state index is 0.389. The van der Waals surface area contributed by atoms with E-state index in [1.54, 1.807) is 0 Å². The summed E-state index contributed by atoms with van der Waals surface area (Å²) in [4.78, 5) is 2.39. The summed E-state index contributed by atoms with van der Waals surface area (Å²) in [5.41, 5.74) is 2.71. The van der Waals surface area contributed by atoms with Gasteiger partial charge in [0.2, 0.25) is 0 Å². The van der Waals surface area contributed by atoms with Crippen LogP contribution in [0.1, 0.15) is 31.4 Å². The molecule has 1 saturated carbocycles. The van der Waals surface area contributed by atoms with Crippen LogP contribution >= 0.6 is 15.9 Å². The Bertz CT molecular complexity index is 388. The molecule has 1 fully saturated rings. The van der Waals surface area contributed by atoms with E-state index in [2.05, 4.69) is 58.3 Å². The van der Waals surface area contributed by atoms with Crippen molar-refractivity contribution in [2.24, 2.45) is 5.92 Å². The molecule has 2 nitrogen and oxygen atoms in total. The number of halogens is 1. The third-order valence-electron chi connectivity index (χ3n) is 3.53. The molecule has 1 aromatic rings. The molecule has 0 aliphatic heterocycles. The highest BCUT2D eigenvalue weighted by atomic mass is 79.9. The van der Waals surface area contributed by atoms with E-state index in [1.165, 1.54) is 30.6 Å². The lowest BCUT2D eigenvalue weighted by atomic mass is 10.1. The van der Waals surface area contributed by atoms with Crippen molar-refractivity contribution in [2.75, 3.05) is 25.5 Å². The molecular formula is C14H21BrN2. The highest BCUT2D eigenvalue weighted by molar-refractivity contribution is 9.10. The summed E-state index contributed by atoms with van der Waals surface area (Å²) >= 11 is 3.57. The van der Waals surface area contributed by atoms with Gasteiger partial charge < -0.3 is 10.2 Å². The van der Waals surface area contributed by atoms with Gasteiger partial charge in [0.1, 0.15) is 0 Å². The predicted octanol–water partition coefficient (Wildman–Crippen LogP) is 3.58. The molecule has 17 heavy (non-hydrogen) atoms. The Morgan fingerprint density at radius 3 is 2.76 bits per heavy atom. The maximum Gasteiger partial charge on any atom is 0.0423 e. The van der Waals surface area contributed by atoms with E-state index in [1.807, 2.05) is 7.05 Å². The summed E-state index contributed by atoms with van der Waals surface area (Å²) in [5, 5.41) is 3.32. The first-order valence-electron chi connectivity index (χ1n) is 6.29. The van der Waals surface area contributed by atoms with E-state index >= 15 is 0 Å². The molecule has 0 bridgehead atoms. The van der Waals surface area contributed by atoms with Gasteiger partial charge in [-0.15, -0.1) is 0 Å². The van der Waals surface area contributed by atoms with Crippen LogP contribution in [0.2, 0.25) is 0 Å². The topological polar surface area (TPSA) is 15.3 Å². The van der Waals surface area contributed by atoms with Crippen LogP contribution in [0.3, 0.4) is 0 Å². The molecule has 1 aliphatic rings. The molecule has 0 amide bonds. The van der Waals surface area contributed by atoms with Crippen LogP contribution < -0.4 is 10.2 Å². The summed E-state index contributed by atoms with van der Waals surface area (Å²) in [5.74, 6) is 0.914. The summed E-state index contributed by atoms with van der Waals surface area (Å²) in [6.45, 7) is 3.39. The molecule has 1 atom stereocenters. The lowest BCUT2D eigenvalue weighted by Crippen LogP contribution is -2.23. The molecule has 0 radical (unpaired) electrons. The Kier molecular flexibility index (Phi) is 4.10. The van der Waals surface area contributed by atoms with Crippen LogP contribution in [0.25, 0.3) is 0 Å². The largest absolute Gasteiger partial charge is 0.374 e. The number of hydrogen-bond acceptors (Lipinski definition) is 2. The Labute approximate surface area is 113 Å². The number of benzene rings is 1. The van der Waals surface area contributed by atoms with Crippen LogP contribution in [-0.4, -0.2) is 20.6 Å². The summed E-state index contributed by atoms with van der Waals surface area (Å²) in [6, 6.07) is 6.95. The predicted molar refractivity (Wildman–Crippen MR) is 77.6 cm³/mol. The van der Waals surface area contributed by atoms with Crippen molar-refractivity contribution in [2.45, 2.75) is 25.8 Å². The van der Waals surface area contributed by atoms with E-state index < -0.39 is 0 Å². The van der Waals surface area contributed by atoms with Gasteiger partial charge in [-0.1, -0.05) is 22.0 Å². The van der Waals surface area contributed by atoms with Gasteiger partial charge in [0.25, 0.3) is 0 Å². The lowest BCUT2D eigenvalue weighted by Gasteiger charge is -2.25. The molecule has 1 unspecified atom stereocenters. The van der Waals surface area contributed by atoms with Crippen molar-refractivity contribution in [3.63, 3.8) is 0 Å². The molecule has 0 saturated heterocycles. The van der Waals surface area contributed by atoms with Crippen molar-refractivity contribution >= 4 is 21.6 Å². The van der Waals surface area contributed by atoms with Gasteiger partial charge in [-0.2, -0.15) is 0 Å². The third kappa shape index (κ3) is 3.23. The normalized spacial score (nSPS) is 16.9. The second-order valence-corrected chi connectivity index (χ2v) is 5.95. The molecule has 1 aromatic carbocycles. The Morgan fingerprint density at radius 1 is 1.47 bits per heavy atom. The molecule has 1 aliphatic carbocycles. The maximum atomic E-state index is 3.57. The molecule has 3 heteroatoms. The molecule has 0 aromatic heterocycles. The second kappa shape index (κ2) is 5.40. The molecule has 0 heterocycles. The number of nitrogens with one attached hydrogen (secondary N) is 1. The smallest absolute Gasteiger partial charge is 0.0423 e. The zero-order chi connectivity index (χ0) is 12.4. The highest BCUT2D eigenvalue weighted by Crippen LogP contribution is 2.34. The average molecular weight is 297 g/mol. The lowest BCUT2D eigenvalue weighted by molar-refractivity contribution is 0.647. The first-order valence-corrected chi connectivity index (χ1v) is 7.09. The minimum Gasteiger partial charge on any atom is -0.374 e. The Hall–Kier alpha value is -0.540. The maximum absolute atomic E-state index is 3.57. The second-order valence-electron chi connectivity index (χ2n) is 5.04. The van der Waals surface area contributed by atoms with Crippen molar-refractivity contribution in [3.05, 3.63) is 28.2 Å². The van der Waals surface area contributed by atoms with Gasteiger partial charge in [-0.05, 0) is 50.4 Å². The molecular weight excluding hydrogens is 276 g/mol. The molecule has 2 rings (SSSR count). The summed E-state index contributed by atoms with van der Waals surface area (Å²) in [6.07, 6.45) is 2.80. The minimum atomic E-state index is 0.389. The molecule has 1 N–H and O–H groups in total. The summed E-state index contributed by atoms with van der Waals surface area (Å²) < 4.78 is 1.15. The third-order valence-corrected chi connectivity index (χ3v) is 4.03. The number of nitrogens with zero attached hydrogens (tertiary/aromatic N) is 1. The summed E-state index contributed by atoms with van der Waals surface area (Å²) in [7, 11) is 4.21. The van der Waals surface area contributed by atoms with Crippen LogP contribution in [0.15, 0.2) is 22.7 Å². The van der Waals surface area contributed by atoms with Gasteiger partial charge in [-0.25, -0.2) is 0 Å². The average Bonchev–Trinajstić information content (AvgIpc) is 3.11. The SMILES string of the molecule is CNC(C)c1ccc(Br)cc1N(C)CC1CC1. The van der Waals surface area contributed by atoms with Crippen LogP contribution in [-0.2, 0) is 0 Å². The fourth-order valence-corrected chi connectivity index (χ4v) is 2.50. The van der Waals surface area contributed by atoms with Crippen molar-refractivity contribution in [1.82, 2.24) is 5.32 Å². The van der Waals surface area contributed by atoms with Crippen LogP contribution in [0.4, 0.5) is 5.69 Å². The van der Waals surface area contributed by atoms with Gasteiger partial charge in [0.05, 0.1) is 0 Å². The first kappa shape index (κ1) is 12.9. The zero-order valence-corrected chi connectivity index (χ0v) is 12.4. The van der Waals surface area contributed by atoms with Crippen molar-refractivity contribution < 1.29 is 0 Å². The quantitative estimate of drug-likeness (QED) is 0.893. The van der Waals surface area contributed by atoms with E-state index in [9.17, 15) is 0 Å². The van der Waals surface area contributed by atoms with E-state index in [4.69, 9.17) is 0 Å². The van der Waals surface area contributed by atoms with Gasteiger partial charge >= 0.3 is 0 Å². The first-order chi connectivity index (χ1) is 8.11. The van der Waals surface area contributed by atoms with E-state index in [0.717, 1.165) is 10.4 Å². The Balaban J connectivity index is 2.24. The monoisotopic (exact) mass is 296 g/mol. The number of anilines is 1. The van der Waals surface area contributed by atoms with Crippen LogP contribution in [0, 0.1) is 5.92 Å². The van der Waals surface area contributed by atoms with E-state index in [-0.39, 0.29) is 0 Å². The Morgan fingerprint density at radius 2 is 2.18 bits per heavy atom. The fourth-order valence-electron chi connectivity index (χ4n) is 2.16.